The lowest BCUT2D eigenvalue weighted by atomic mass is 10.1. The minimum absolute atomic E-state index is 0.260. The van der Waals surface area contributed by atoms with Crippen LogP contribution in [0.15, 0.2) is 126 Å². The predicted octanol–water partition coefficient (Wildman–Crippen LogP) is 6.34. The fraction of sp³-hybridized carbons (Fsp3) is 0.0667. The molecule has 1 amide bonds. The van der Waals surface area contributed by atoms with E-state index in [2.05, 4.69) is 49.9 Å². The molecule has 1 aromatic heterocycles. The van der Waals surface area contributed by atoms with Crippen LogP contribution in [0, 0.1) is 0 Å². The summed E-state index contributed by atoms with van der Waals surface area (Å²) >= 11 is 1.59. The first-order chi connectivity index (χ1) is 18.7. The first-order valence-electron chi connectivity index (χ1n) is 12.1. The van der Waals surface area contributed by atoms with Crippen LogP contribution >= 0.6 is 11.8 Å². The molecule has 5 aromatic rings. The van der Waals surface area contributed by atoms with Gasteiger partial charge in [0.15, 0.2) is 5.16 Å². The van der Waals surface area contributed by atoms with Gasteiger partial charge >= 0.3 is 0 Å². The van der Waals surface area contributed by atoms with Gasteiger partial charge in [0.05, 0.1) is 6.21 Å². The van der Waals surface area contributed by atoms with Gasteiger partial charge in [-0.05, 0) is 59.7 Å². The number of rotatable bonds is 9. The van der Waals surface area contributed by atoms with Crippen molar-refractivity contribution in [3.8, 4) is 0 Å². The third-order valence-corrected chi connectivity index (χ3v) is 6.92. The zero-order chi connectivity index (χ0) is 26.2. The van der Waals surface area contributed by atoms with Crippen LogP contribution in [0.2, 0.25) is 0 Å². The molecule has 0 saturated heterocycles. The van der Waals surface area contributed by atoms with Crippen LogP contribution in [0.1, 0.15) is 21.5 Å². The number of hydrogen-bond acceptors (Lipinski definition) is 6. The van der Waals surface area contributed by atoms with Crippen LogP contribution in [-0.4, -0.2) is 26.9 Å². The Balaban J connectivity index is 1.20. The molecule has 0 spiro atoms. The second kappa shape index (κ2) is 12.0. The summed E-state index contributed by atoms with van der Waals surface area (Å²) in [5.74, 6) is 0.485. The van der Waals surface area contributed by atoms with Gasteiger partial charge in [-0.3, -0.25) is 4.79 Å². The van der Waals surface area contributed by atoms with Gasteiger partial charge in [-0.2, -0.15) is 5.10 Å². The number of thioether (sulfide) groups is 1. The molecule has 0 bridgehead atoms. The molecule has 0 atom stereocenters. The Bertz CT molecular complexity index is 1460. The molecule has 0 aliphatic rings. The number of aromatic nitrogens is 3. The second-order valence-corrected chi connectivity index (χ2v) is 9.45. The van der Waals surface area contributed by atoms with Crippen LogP contribution < -0.4 is 10.3 Å². The molecule has 0 aliphatic carbocycles. The lowest BCUT2D eigenvalue weighted by Crippen LogP contribution is -2.17. The molecular weight excluding hydrogens is 492 g/mol. The Morgan fingerprint density at radius 3 is 2.05 bits per heavy atom. The Kier molecular flexibility index (Phi) is 7.91. The number of benzene rings is 4. The fourth-order valence-corrected chi connectivity index (χ4v) is 4.69. The Hall–Kier alpha value is -4.69. The van der Waals surface area contributed by atoms with E-state index in [0.717, 1.165) is 39.1 Å². The van der Waals surface area contributed by atoms with Crippen LogP contribution in [0.25, 0.3) is 0 Å². The summed E-state index contributed by atoms with van der Waals surface area (Å²) < 4.78 is 1.88. The molecule has 0 fully saturated rings. The molecule has 1 heterocycles. The van der Waals surface area contributed by atoms with E-state index in [-0.39, 0.29) is 5.91 Å². The number of para-hydroxylation sites is 2. The maximum atomic E-state index is 12.5. The third kappa shape index (κ3) is 6.16. The number of aryl methyl sites for hydroxylation is 1. The van der Waals surface area contributed by atoms with Crippen molar-refractivity contribution in [2.45, 2.75) is 10.9 Å². The zero-order valence-electron chi connectivity index (χ0n) is 20.8. The van der Waals surface area contributed by atoms with Crippen LogP contribution in [0.3, 0.4) is 0 Å². The average Bonchev–Trinajstić information content (AvgIpc) is 3.38. The number of carbonyl (C=O) groups excluding carboxylic acids is 1. The molecule has 38 heavy (non-hydrogen) atoms. The highest BCUT2D eigenvalue weighted by Crippen LogP contribution is 2.33. The zero-order valence-corrected chi connectivity index (χ0v) is 21.6. The smallest absolute Gasteiger partial charge is 0.271 e. The summed E-state index contributed by atoms with van der Waals surface area (Å²) in [4.78, 5) is 14.7. The van der Waals surface area contributed by atoms with E-state index in [1.54, 1.807) is 36.4 Å². The van der Waals surface area contributed by atoms with Crippen molar-refractivity contribution in [1.29, 1.82) is 0 Å². The Labute approximate surface area is 225 Å². The highest BCUT2D eigenvalue weighted by molar-refractivity contribution is 7.98. The monoisotopic (exact) mass is 518 g/mol. The van der Waals surface area contributed by atoms with Crippen LogP contribution in [0.4, 0.5) is 17.1 Å². The molecule has 4 aromatic carbocycles. The van der Waals surface area contributed by atoms with Crippen molar-refractivity contribution in [1.82, 2.24) is 20.2 Å². The first kappa shape index (κ1) is 25.0. The minimum Gasteiger partial charge on any atom is -0.312 e. The quantitative estimate of drug-likeness (QED) is 0.140. The fourth-order valence-electron chi connectivity index (χ4n) is 3.84. The van der Waals surface area contributed by atoms with Crippen molar-refractivity contribution < 1.29 is 4.79 Å². The van der Waals surface area contributed by atoms with Gasteiger partial charge in [-0.15, -0.1) is 10.2 Å². The number of nitrogens with zero attached hydrogens (tertiary/aromatic N) is 5. The Morgan fingerprint density at radius 1 is 0.868 bits per heavy atom. The lowest BCUT2D eigenvalue weighted by molar-refractivity contribution is 0.0955. The summed E-state index contributed by atoms with van der Waals surface area (Å²) in [6.07, 6.45) is 3.32. The van der Waals surface area contributed by atoms with Gasteiger partial charge < -0.3 is 9.47 Å². The van der Waals surface area contributed by atoms with Gasteiger partial charge in [0, 0.05) is 35.4 Å². The molecule has 8 heteroatoms. The lowest BCUT2D eigenvalue weighted by Gasteiger charge is -2.25. The molecule has 0 unspecified atom stereocenters. The van der Waals surface area contributed by atoms with Gasteiger partial charge in [0.1, 0.15) is 6.33 Å². The highest BCUT2D eigenvalue weighted by Gasteiger charge is 2.11. The SMILES string of the molecule is Cn1cnnc1SCc1ccc(C(=O)N/N=C\c2ccc(N(c3ccccc3)c3ccccc3)cc2)cc1. The van der Waals surface area contributed by atoms with E-state index in [1.807, 2.05) is 84.4 Å². The summed E-state index contributed by atoms with van der Waals surface area (Å²) in [5.41, 5.74) is 8.31. The highest BCUT2D eigenvalue weighted by atomic mass is 32.2. The summed E-state index contributed by atoms with van der Waals surface area (Å²) in [6, 6.07) is 36.0. The number of amides is 1. The van der Waals surface area contributed by atoms with E-state index in [1.165, 1.54) is 0 Å². The van der Waals surface area contributed by atoms with E-state index >= 15 is 0 Å². The standard InChI is InChI=1S/C30H26N6OS/c1-35-22-32-34-30(35)38-21-24-12-16-25(17-13-24)29(37)33-31-20-23-14-18-28(19-15-23)36(26-8-4-2-5-9-26)27-10-6-3-7-11-27/h2-20,22H,21H2,1H3,(H,33,37)/b31-20-. The van der Waals surface area contributed by atoms with Crippen molar-refractivity contribution in [3.05, 3.63) is 132 Å². The second-order valence-electron chi connectivity index (χ2n) is 8.51. The number of nitrogens with one attached hydrogen (secondary N) is 1. The van der Waals surface area contributed by atoms with E-state index < -0.39 is 0 Å². The van der Waals surface area contributed by atoms with E-state index in [4.69, 9.17) is 0 Å². The van der Waals surface area contributed by atoms with Gasteiger partial charge in [-0.1, -0.05) is 72.4 Å². The van der Waals surface area contributed by atoms with Crippen molar-refractivity contribution >= 4 is 40.9 Å². The predicted molar refractivity (Wildman–Crippen MR) is 153 cm³/mol. The molecule has 188 valence electrons. The van der Waals surface area contributed by atoms with Gasteiger partial charge in [0.25, 0.3) is 5.91 Å². The maximum Gasteiger partial charge on any atom is 0.271 e. The molecule has 5 rings (SSSR count). The maximum absolute atomic E-state index is 12.5. The number of anilines is 3. The molecule has 7 nitrogen and oxygen atoms in total. The van der Waals surface area contributed by atoms with Crippen LogP contribution in [-0.2, 0) is 12.8 Å². The minimum atomic E-state index is -0.260. The first-order valence-corrected chi connectivity index (χ1v) is 13.1. The van der Waals surface area contributed by atoms with Crippen molar-refractivity contribution in [2.24, 2.45) is 12.1 Å². The average molecular weight is 519 g/mol. The summed E-state index contributed by atoms with van der Waals surface area (Å²) in [5, 5.41) is 13.0. The van der Waals surface area contributed by atoms with Crippen molar-refractivity contribution in [2.75, 3.05) is 4.90 Å². The third-order valence-electron chi connectivity index (χ3n) is 5.81. The molecule has 0 saturated carbocycles. The number of carbonyl (C=O) groups is 1. The Morgan fingerprint density at radius 2 is 1.47 bits per heavy atom. The molecular formula is C30H26N6OS. The summed E-state index contributed by atoms with van der Waals surface area (Å²) in [7, 11) is 1.91. The van der Waals surface area contributed by atoms with E-state index in [0.29, 0.717) is 5.56 Å². The number of hydrazone groups is 1. The van der Waals surface area contributed by atoms with Crippen LogP contribution in [0.5, 0.6) is 0 Å². The normalized spacial score (nSPS) is 11.0. The van der Waals surface area contributed by atoms with Gasteiger partial charge in [-0.25, -0.2) is 5.43 Å². The molecule has 1 N–H and O–H groups in total. The summed E-state index contributed by atoms with van der Waals surface area (Å²) in [6.45, 7) is 0. The number of hydrogen-bond donors (Lipinski definition) is 1. The molecule has 0 radical (unpaired) electrons. The van der Waals surface area contributed by atoms with Gasteiger partial charge in [0.2, 0.25) is 0 Å². The topological polar surface area (TPSA) is 75.4 Å². The van der Waals surface area contributed by atoms with E-state index in [9.17, 15) is 4.79 Å². The molecule has 0 aliphatic heterocycles. The largest absolute Gasteiger partial charge is 0.312 e. The van der Waals surface area contributed by atoms with Crippen molar-refractivity contribution in [3.63, 3.8) is 0 Å².